The highest BCUT2D eigenvalue weighted by Crippen LogP contribution is 2.12. The van der Waals surface area contributed by atoms with Crippen molar-refractivity contribution in [2.45, 2.75) is 32.8 Å². The van der Waals surface area contributed by atoms with Gasteiger partial charge in [0.05, 0.1) is 18.6 Å². The van der Waals surface area contributed by atoms with E-state index in [0.717, 1.165) is 5.75 Å². The van der Waals surface area contributed by atoms with Gasteiger partial charge >= 0.3 is 0 Å². The minimum absolute atomic E-state index is 0.0331. The molecule has 0 spiro atoms. The predicted molar refractivity (Wildman–Crippen MR) is 75.2 cm³/mol. The van der Waals surface area contributed by atoms with Gasteiger partial charge in [-0.3, -0.25) is 4.79 Å². The Labute approximate surface area is 115 Å². The molecule has 4 nitrogen and oxygen atoms in total. The zero-order valence-electron chi connectivity index (χ0n) is 12.1. The summed E-state index contributed by atoms with van der Waals surface area (Å²) in [7, 11) is 1.69. The fraction of sp³-hybridized carbons (Fsp3) is 0.533. The van der Waals surface area contributed by atoms with Crippen molar-refractivity contribution in [2.24, 2.45) is 0 Å². The lowest BCUT2D eigenvalue weighted by atomic mass is 10.1. The maximum absolute atomic E-state index is 11.8. The van der Waals surface area contributed by atoms with Gasteiger partial charge in [-0.2, -0.15) is 0 Å². The molecule has 106 valence electrons. The summed E-state index contributed by atoms with van der Waals surface area (Å²) in [6, 6.07) is 7.72. The number of aliphatic hydroxyl groups is 1. The van der Waals surface area contributed by atoms with E-state index in [1.54, 1.807) is 20.9 Å². The Bertz CT molecular complexity index is 406. The largest absolute Gasteiger partial charge is 0.493 e. The molecule has 1 amide bonds. The van der Waals surface area contributed by atoms with E-state index in [0.29, 0.717) is 19.6 Å². The molecule has 1 rings (SSSR count). The quantitative estimate of drug-likeness (QED) is 0.856. The molecule has 0 radical (unpaired) electrons. The summed E-state index contributed by atoms with van der Waals surface area (Å²) in [4.78, 5) is 13.3. The van der Waals surface area contributed by atoms with E-state index < -0.39 is 5.60 Å². The summed E-state index contributed by atoms with van der Waals surface area (Å²) in [5.74, 6) is 0.734. The highest BCUT2D eigenvalue weighted by Gasteiger charge is 2.19. The zero-order valence-corrected chi connectivity index (χ0v) is 12.1. The van der Waals surface area contributed by atoms with Crippen LogP contribution in [0, 0.1) is 6.92 Å². The van der Waals surface area contributed by atoms with Gasteiger partial charge < -0.3 is 14.7 Å². The first-order valence-corrected chi connectivity index (χ1v) is 6.44. The second-order valence-electron chi connectivity index (χ2n) is 5.47. The molecule has 19 heavy (non-hydrogen) atoms. The Morgan fingerprint density at radius 1 is 1.32 bits per heavy atom. The molecular formula is C15H23NO3. The maximum Gasteiger partial charge on any atom is 0.225 e. The number of amides is 1. The first kappa shape index (κ1) is 15.5. The Morgan fingerprint density at radius 3 is 2.42 bits per heavy atom. The van der Waals surface area contributed by atoms with Crippen LogP contribution in [0.25, 0.3) is 0 Å². The van der Waals surface area contributed by atoms with Crippen molar-refractivity contribution in [2.75, 3.05) is 20.2 Å². The fourth-order valence-corrected chi connectivity index (χ4v) is 1.75. The monoisotopic (exact) mass is 265 g/mol. The standard InChI is InChI=1S/C15H23NO3/c1-12-5-7-13(8-6-12)19-10-9-14(17)16(4)11-15(2,3)18/h5-8,18H,9-11H2,1-4H3. The first-order chi connectivity index (χ1) is 8.78. The zero-order chi connectivity index (χ0) is 14.5. The van der Waals surface area contributed by atoms with E-state index in [-0.39, 0.29) is 5.91 Å². The van der Waals surface area contributed by atoms with Crippen molar-refractivity contribution < 1.29 is 14.6 Å². The van der Waals surface area contributed by atoms with Crippen LogP contribution in [0.2, 0.25) is 0 Å². The molecular weight excluding hydrogens is 242 g/mol. The number of likely N-dealkylation sites (N-methyl/N-ethyl adjacent to an activating group) is 1. The third kappa shape index (κ3) is 6.25. The molecule has 0 atom stereocenters. The van der Waals surface area contributed by atoms with Crippen LogP contribution >= 0.6 is 0 Å². The van der Waals surface area contributed by atoms with Crippen molar-refractivity contribution in [1.82, 2.24) is 4.90 Å². The highest BCUT2D eigenvalue weighted by molar-refractivity contribution is 5.76. The average Bonchev–Trinajstić information content (AvgIpc) is 2.29. The van der Waals surface area contributed by atoms with Gasteiger partial charge in [0.1, 0.15) is 5.75 Å². The Morgan fingerprint density at radius 2 is 1.89 bits per heavy atom. The number of rotatable bonds is 6. The molecule has 0 aliphatic rings. The molecule has 0 aromatic heterocycles. The molecule has 0 unspecified atom stereocenters. The molecule has 0 saturated carbocycles. The highest BCUT2D eigenvalue weighted by atomic mass is 16.5. The summed E-state index contributed by atoms with van der Waals surface area (Å²) in [6.07, 6.45) is 0.306. The van der Waals surface area contributed by atoms with Gasteiger partial charge in [0, 0.05) is 13.6 Å². The second kappa shape index (κ2) is 6.57. The van der Waals surface area contributed by atoms with Crippen molar-refractivity contribution >= 4 is 5.91 Å². The van der Waals surface area contributed by atoms with Crippen molar-refractivity contribution in [1.29, 1.82) is 0 Å². The second-order valence-corrected chi connectivity index (χ2v) is 5.47. The Balaban J connectivity index is 2.32. The number of ether oxygens (including phenoxy) is 1. The van der Waals surface area contributed by atoms with Crippen LogP contribution in [0.1, 0.15) is 25.8 Å². The first-order valence-electron chi connectivity index (χ1n) is 6.44. The number of carbonyl (C=O) groups excluding carboxylic acids is 1. The van der Waals surface area contributed by atoms with Crippen molar-refractivity contribution in [3.63, 3.8) is 0 Å². The van der Waals surface area contributed by atoms with E-state index in [1.807, 2.05) is 31.2 Å². The lowest BCUT2D eigenvalue weighted by Crippen LogP contribution is -2.40. The van der Waals surface area contributed by atoms with Crippen molar-refractivity contribution in [3.8, 4) is 5.75 Å². The van der Waals surface area contributed by atoms with Crippen LogP contribution in [0.3, 0.4) is 0 Å². The molecule has 0 bridgehead atoms. The average molecular weight is 265 g/mol. The molecule has 4 heteroatoms. The van der Waals surface area contributed by atoms with E-state index >= 15 is 0 Å². The summed E-state index contributed by atoms with van der Waals surface area (Å²) in [6.45, 7) is 6.03. The topological polar surface area (TPSA) is 49.8 Å². The lowest BCUT2D eigenvalue weighted by molar-refractivity contribution is -0.133. The van der Waals surface area contributed by atoms with Gasteiger partial charge in [-0.05, 0) is 32.9 Å². The number of hydrogen-bond acceptors (Lipinski definition) is 3. The summed E-state index contributed by atoms with van der Waals surface area (Å²) >= 11 is 0. The minimum Gasteiger partial charge on any atom is -0.493 e. The van der Waals surface area contributed by atoms with Crippen LogP contribution < -0.4 is 4.74 Å². The van der Waals surface area contributed by atoms with Crippen LogP contribution in [0.15, 0.2) is 24.3 Å². The molecule has 1 N–H and O–H groups in total. The summed E-state index contributed by atoms with van der Waals surface area (Å²) in [5.41, 5.74) is 0.302. The summed E-state index contributed by atoms with van der Waals surface area (Å²) < 4.78 is 5.50. The van der Waals surface area contributed by atoms with Gasteiger partial charge in [0.15, 0.2) is 0 Å². The van der Waals surface area contributed by atoms with Gasteiger partial charge in [-0.25, -0.2) is 0 Å². The van der Waals surface area contributed by atoms with E-state index in [4.69, 9.17) is 4.74 Å². The van der Waals surface area contributed by atoms with E-state index in [2.05, 4.69) is 0 Å². The number of hydrogen-bond donors (Lipinski definition) is 1. The molecule has 0 aliphatic carbocycles. The van der Waals surface area contributed by atoms with Gasteiger partial charge in [-0.15, -0.1) is 0 Å². The number of benzene rings is 1. The van der Waals surface area contributed by atoms with Gasteiger partial charge in [0.25, 0.3) is 0 Å². The Hall–Kier alpha value is -1.55. The fourth-order valence-electron chi connectivity index (χ4n) is 1.75. The molecule has 0 saturated heterocycles. The third-order valence-corrected chi connectivity index (χ3v) is 2.66. The van der Waals surface area contributed by atoms with Crippen LogP contribution in [0.5, 0.6) is 5.75 Å². The maximum atomic E-state index is 11.8. The van der Waals surface area contributed by atoms with E-state index in [9.17, 15) is 9.90 Å². The van der Waals surface area contributed by atoms with Gasteiger partial charge in [0.2, 0.25) is 5.91 Å². The number of aryl methyl sites for hydroxylation is 1. The predicted octanol–water partition coefficient (Wildman–Crippen LogP) is 1.99. The molecule has 1 aromatic rings. The molecule has 0 heterocycles. The van der Waals surface area contributed by atoms with Gasteiger partial charge in [-0.1, -0.05) is 17.7 Å². The number of nitrogens with zero attached hydrogens (tertiary/aromatic N) is 1. The SMILES string of the molecule is Cc1ccc(OCCC(=O)N(C)CC(C)(C)O)cc1. The molecule has 1 aromatic carbocycles. The smallest absolute Gasteiger partial charge is 0.225 e. The molecule has 0 fully saturated rings. The van der Waals surface area contributed by atoms with Crippen LogP contribution in [-0.4, -0.2) is 41.7 Å². The minimum atomic E-state index is -0.873. The third-order valence-electron chi connectivity index (χ3n) is 2.66. The van der Waals surface area contributed by atoms with Crippen molar-refractivity contribution in [3.05, 3.63) is 29.8 Å². The molecule has 0 aliphatic heterocycles. The Kier molecular flexibility index (Phi) is 5.36. The van der Waals surface area contributed by atoms with E-state index in [1.165, 1.54) is 10.5 Å². The normalized spacial score (nSPS) is 11.2. The van der Waals surface area contributed by atoms with Crippen LogP contribution in [0.4, 0.5) is 0 Å². The van der Waals surface area contributed by atoms with Crippen LogP contribution in [-0.2, 0) is 4.79 Å². The lowest BCUT2D eigenvalue weighted by Gasteiger charge is -2.25. The number of carbonyl (C=O) groups is 1. The summed E-state index contributed by atoms with van der Waals surface area (Å²) in [5, 5.41) is 9.64.